The molecule has 0 spiro atoms. The number of halogens is 1. The summed E-state index contributed by atoms with van der Waals surface area (Å²) >= 11 is 6.70. The molecule has 1 fully saturated rings. The van der Waals surface area contributed by atoms with Crippen molar-refractivity contribution in [3.8, 4) is 5.75 Å². The van der Waals surface area contributed by atoms with E-state index in [0.29, 0.717) is 16.3 Å². The van der Waals surface area contributed by atoms with Crippen molar-refractivity contribution in [1.29, 1.82) is 0 Å². The average Bonchev–Trinajstić information content (AvgIpc) is 2.88. The summed E-state index contributed by atoms with van der Waals surface area (Å²) in [6.07, 6.45) is -5.44. The van der Waals surface area contributed by atoms with Gasteiger partial charge in [0.2, 0.25) is 11.9 Å². The summed E-state index contributed by atoms with van der Waals surface area (Å²) in [5, 5.41) is 0.347. The summed E-state index contributed by atoms with van der Waals surface area (Å²) in [6.45, 7) is 17.1. The molecule has 43 heavy (non-hydrogen) atoms. The number of benzene rings is 1. The second kappa shape index (κ2) is 14.9. The molecule has 1 aliphatic heterocycles. The molecule has 0 radical (unpaired) electrons. The van der Waals surface area contributed by atoms with Crippen molar-refractivity contribution in [2.75, 3.05) is 13.7 Å². The van der Waals surface area contributed by atoms with E-state index in [0.717, 1.165) is 13.8 Å². The lowest BCUT2D eigenvalue weighted by molar-refractivity contribution is -0.367. The summed E-state index contributed by atoms with van der Waals surface area (Å²) in [5.41, 5.74) is 1.00. The first-order valence-corrected chi connectivity index (χ1v) is 16.8. The van der Waals surface area contributed by atoms with Crippen LogP contribution >= 0.6 is 11.6 Å². The van der Waals surface area contributed by atoms with Crippen LogP contribution in [0.3, 0.4) is 0 Å². The zero-order chi connectivity index (χ0) is 32.9. The van der Waals surface area contributed by atoms with Crippen molar-refractivity contribution in [3.63, 3.8) is 0 Å². The smallest absolute Gasteiger partial charge is 0.303 e. The van der Waals surface area contributed by atoms with E-state index in [9.17, 15) is 19.2 Å². The van der Waals surface area contributed by atoms with Gasteiger partial charge in [-0.05, 0) is 28.8 Å². The lowest BCUT2D eigenvalue weighted by Crippen LogP contribution is -2.67. The Kier molecular flexibility index (Phi) is 12.6. The van der Waals surface area contributed by atoms with Crippen LogP contribution < -0.4 is 4.43 Å². The van der Waals surface area contributed by atoms with E-state index >= 15 is 0 Å². The van der Waals surface area contributed by atoms with Crippen LogP contribution in [0.4, 0.5) is 0 Å². The Balaban J connectivity index is 2.86. The van der Waals surface area contributed by atoms with Crippen LogP contribution in [0.5, 0.6) is 5.75 Å². The lowest BCUT2D eigenvalue weighted by atomic mass is 9.87. The van der Waals surface area contributed by atoms with E-state index < -0.39 is 69.0 Å². The second-order valence-corrected chi connectivity index (χ2v) is 17.4. The van der Waals surface area contributed by atoms with E-state index in [4.69, 9.17) is 44.4 Å². The fourth-order valence-corrected chi connectivity index (χ4v) is 11.6. The Morgan fingerprint density at radius 3 is 1.79 bits per heavy atom. The van der Waals surface area contributed by atoms with Crippen molar-refractivity contribution in [2.45, 2.75) is 116 Å². The van der Waals surface area contributed by atoms with Gasteiger partial charge in [0.05, 0.1) is 5.02 Å². The molecule has 0 aliphatic carbocycles. The number of carbonyl (C=O) groups excluding carboxylic acids is 4. The predicted octanol–water partition coefficient (Wildman–Crippen LogP) is 5.45. The molecule has 1 heterocycles. The third-order valence-electron chi connectivity index (χ3n) is 7.67. The van der Waals surface area contributed by atoms with Gasteiger partial charge >= 0.3 is 23.9 Å². The molecule has 0 saturated carbocycles. The van der Waals surface area contributed by atoms with E-state index in [1.165, 1.54) is 21.0 Å². The zero-order valence-electron chi connectivity index (χ0n) is 26.8. The standard InChI is InChI=1S/C30H45ClO11Si/c1-16(2)43(17(3)4,18(5)6)42-25-14-23(12-13-24(25)31)30(36-11)29(40-22(10)35)28(39-21(9)34)27(38-20(8)33)26(41-30)15-37-19(7)32/h12-14,16-18,26-29H,15H2,1-11H3/t26-,27-,28+,29-,30+/m1/s1. The highest BCUT2D eigenvalue weighted by molar-refractivity contribution is 6.78. The molecule has 1 saturated heterocycles. The normalized spacial score (nSPS) is 24.1. The topological polar surface area (TPSA) is 133 Å². The minimum absolute atomic E-state index is 0.231. The summed E-state index contributed by atoms with van der Waals surface area (Å²) < 4.78 is 41.4. The lowest BCUT2D eigenvalue weighted by Gasteiger charge is -2.50. The highest BCUT2D eigenvalue weighted by Crippen LogP contribution is 2.48. The van der Waals surface area contributed by atoms with Crippen LogP contribution in [0.2, 0.25) is 21.6 Å². The van der Waals surface area contributed by atoms with Gasteiger partial charge < -0.3 is 32.8 Å². The Morgan fingerprint density at radius 1 is 0.837 bits per heavy atom. The number of hydrogen-bond acceptors (Lipinski definition) is 11. The molecule has 0 unspecified atom stereocenters. The molecular weight excluding hydrogens is 600 g/mol. The summed E-state index contributed by atoms with van der Waals surface area (Å²) in [7, 11) is -1.17. The maximum Gasteiger partial charge on any atom is 0.303 e. The van der Waals surface area contributed by atoms with Gasteiger partial charge in [0.15, 0.2) is 12.2 Å². The second-order valence-electron chi connectivity index (χ2n) is 11.6. The minimum Gasteiger partial charge on any atom is -0.542 e. The van der Waals surface area contributed by atoms with Crippen LogP contribution in [0.25, 0.3) is 0 Å². The molecule has 0 bridgehead atoms. The van der Waals surface area contributed by atoms with E-state index in [1.54, 1.807) is 18.2 Å². The minimum atomic E-state index is -2.49. The number of rotatable bonds is 12. The highest BCUT2D eigenvalue weighted by Gasteiger charge is 2.62. The van der Waals surface area contributed by atoms with Gasteiger partial charge in [-0.3, -0.25) is 19.2 Å². The van der Waals surface area contributed by atoms with Gasteiger partial charge in [-0.15, -0.1) is 0 Å². The SMILES string of the molecule is CO[C@@]1(c2ccc(Cl)c(O[Si](C(C)C)(C(C)C)C(C)C)c2)O[C@H](COC(C)=O)[C@@H](OC(C)=O)[C@H](OC(C)=O)[C@H]1OC(C)=O. The van der Waals surface area contributed by atoms with Gasteiger partial charge in [0, 0.05) is 40.4 Å². The Bertz CT molecular complexity index is 1150. The fourth-order valence-electron chi connectivity index (χ4n) is 6.12. The summed E-state index contributed by atoms with van der Waals surface area (Å²) in [5.74, 6) is -4.43. The van der Waals surface area contributed by atoms with E-state index in [-0.39, 0.29) is 16.6 Å². The first-order valence-electron chi connectivity index (χ1n) is 14.3. The Morgan fingerprint density at radius 2 is 1.35 bits per heavy atom. The van der Waals surface area contributed by atoms with Gasteiger partial charge in [0.1, 0.15) is 18.5 Å². The molecule has 0 N–H and O–H groups in total. The molecular formula is C30H45ClO11Si. The third kappa shape index (κ3) is 8.08. The largest absolute Gasteiger partial charge is 0.542 e. The van der Waals surface area contributed by atoms with Crippen LogP contribution in [-0.2, 0) is 53.4 Å². The maximum atomic E-state index is 12.4. The third-order valence-corrected chi connectivity index (χ3v) is 14.0. The first-order chi connectivity index (χ1) is 19.9. The molecule has 1 aromatic rings. The van der Waals surface area contributed by atoms with Gasteiger partial charge in [-0.25, -0.2) is 0 Å². The molecule has 1 aliphatic rings. The number of carbonyl (C=O) groups is 4. The molecule has 1 aromatic carbocycles. The predicted molar refractivity (Wildman–Crippen MR) is 160 cm³/mol. The summed E-state index contributed by atoms with van der Waals surface area (Å²) in [4.78, 5) is 48.7. The Hall–Kier alpha value is -2.67. The summed E-state index contributed by atoms with van der Waals surface area (Å²) in [6, 6.07) is 4.87. The van der Waals surface area contributed by atoms with Crippen LogP contribution in [0, 0.1) is 0 Å². The van der Waals surface area contributed by atoms with Crippen LogP contribution in [-0.4, -0.2) is 70.3 Å². The van der Waals surface area contributed by atoms with Crippen LogP contribution in [0.1, 0.15) is 74.8 Å². The van der Waals surface area contributed by atoms with E-state index in [2.05, 4.69) is 41.5 Å². The Labute approximate surface area is 259 Å². The number of methoxy groups -OCH3 is 1. The molecule has 242 valence electrons. The molecule has 5 atom stereocenters. The monoisotopic (exact) mass is 644 g/mol. The fraction of sp³-hybridized carbons (Fsp3) is 0.667. The van der Waals surface area contributed by atoms with Gasteiger partial charge in [-0.1, -0.05) is 59.2 Å². The number of hydrogen-bond donors (Lipinski definition) is 0. The van der Waals surface area contributed by atoms with Crippen molar-refractivity contribution in [2.24, 2.45) is 0 Å². The zero-order valence-corrected chi connectivity index (χ0v) is 28.6. The molecule has 0 amide bonds. The number of esters is 4. The van der Waals surface area contributed by atoms with Crippen molar-refractivity contribution in [1.82, 2.24) is 0 Å². The first kappa shape index (κ1) is 36.5. The molecule has 0 aromatic heterocycles. The molecule has 11 nitrogen and oxygen atoms in total. The maximum absolute atomic E-state index is 12.4. The van der Waals surface area contributed by atoms with Gasteiger partial charge in [-0.2, -0.15) is 0 Å². The highest BCUT2D eigenvalue weighted by atomic mass is 35.5. The number of ether oxygens (including phenoxy) is 6. The van der Waals surface area contributed by atoms with Gasteiger partial charge in [0.25, 0.3) is 8.32 Å². The van der Waals surface area contributed by atoms with Crippen molar-refractivity contribution in [3.05, 3.63) is 28.8 Å². The van der Waals surface area contributed by atoms with Crippen molar-refractivity contribution >= 4 is 43.8 Å². The molecule has 2 rings (SSSR count). The van der Waals surface area contributed by atoms with Crippen molar-refractivity contribution < 1.29 is 52.0 Å². The molecule has 13 heteroatoms. The van der Waals surface area contributed by atoms with Crippen LogP contribution in [0.15, 0.2) is 18.2 Å². The van der Waals surface area contributed by atoms with E-state index in [1.807, 2.05) is 0 Å². The quantitative estimate of drug-likeness (QED) is 0.163. The average molecular weight is 645 g/mol.